The minimum atomic E-state index is -0.436. The summed E-state index contributed by atoms with van der Waals surface area (Å²) < 4.78 is 13.4. The molecule has 6 heteroatoms. The summed E-state index contributed by atoms with van der Waals surface area (Å²) in [6.45, 7) is 0. The van der Waals surface area contributed by atoms with E-state index in [2.05, 4.69) is 15.3 Å². The second-order valence-electron chi connectivity index (χ2n) is 3.04. The summed E-state index contributed by atoms with van der Waals surface area (Å²) >= 11 is 5.75. The first-order valence-electron chi connectivity index (χ1n) is 4.45. The Morgan fingerprint density at radius 3 is 2.75 bits per heavy atom. The lowest BCUT2D eigenvalue weighted by molar-refractivity contribution is 0.632. The van der Waals surface area contributed by atoms with E-state index in [9.17, 15) is 4.39 Å². The molecular formula is C10H8ClFN4. The average Bonchev–Trinajstić information content (AvgIpc) is 2.27. The molecule has 4 nitrogen and oxygen atoms in total. The molecule has 0 atom stereocenters. The number of nitrogens with two attached hydrogens (primary N) is 1. The number of rotatable bonds is 2. The van der Waals surface area contributed by atoms with Gasteiger partial charge in [-0.1, -0.05) is 11.6 Å². The lowest BCUT2D eigenvalue weighted by Crippen LogP contribution is -2.02. The van der Waals surface area contributed by atoms with Crippen LogP contribution in [0.15, 0.2) is 30.6 Å². The number of nitrogens with zero attached hydrogens (tertiary/aromatic N) is 2. The van der Waals surface area contributed by atoms with E-state index in [0.29, 0.717) is 10.8 Å². The van der Waals surface area contributed by atoms with Gasteiger partial charge in [0.15, 0.2) is 11.6 Å². The van der Waals surface area contributed by atoms with Crippen LogP contribution in [0.25, 0.3) is 0 Å². The number of hydrogen-bond donors (Lipinski definition) is 2. The molecule has 0 aliphatic heterocycles. The number of halogens is 2. The zero-order valence-corrected chi connectivity index (χ0v) is 8.87. The van der Waals surface area contributed by atoms with E-state index >= 15 is 0 Å². The molecule has 0 radical (unpaired) electrons. The second kappa shape index (κ2) is 4.32. The van der Waals surface area contributed by atoms with Gasteiger partial charge < -0.3 is 11.1 Å². The van der Waals surface area contributed by atoms with Crippen molar-refractivity contribution in [1.82, 2.24) is 9.97 Å². The van der Waals surface area contributed by atoms with Crippen LogP contribution in [0.3, 0.4) is 0 Å². The van der Waals surface area contributed by atoms with E-state index in [1.165, 1.54) is 30.6 Å². The molecule has 1 heterocycles. The summed E-state index contributed by atoms with van der Waals surface area (Å²) in [7, 11) is 0. The molecule has 3 N–H and O–H groups in total. The minimum Gasteiger partial charge on any atom is -0.381 e. The van der Waals surface area contributed by atoms with Crippen molar-refractivity contribution in [3.05, 3.63) is 41.4 Å². The van der Waals surface area contributed by atoms with Gasteiger partial charge in [0.2, 0.25) is 0 Å². The molecule has 0 saturated carbocycles. The van der Waals surface area contributed by atoms with Crippen LogP contribution in [-0.4, -0.2) is 9.97 Å². The molecule has 2 rings (SSSR count). The van der Waals surface area contributed by atoms with Crippen LogP contribution in [0, 0.1) is 5.82 Å². The van der Waals surface area contributed by atoms with E-state index in [1.54, 1.807) is 0 Å². The van der Waals surface area contributed by atoms with Crippen molar-refractivity contribution in [1.29, 1.82) is 0 Å². The van der Waals surface area contributed by atoms with Crippen LogP contribution >= 0.6 is 11.6 Å². The molecule has 0 unspecified atom stereocenters. The molecule has 2 aromatic rings. The number of nitrogen functional groups attached to an aromatic ring is 1. The van der Waals surface area contributed by atoms with Crippen molar-refractivity contribution in [2.75, 3.05) is 11.1 Å². The first kappa shape index (κ1) is 10.6. The molecule has 1 aromatic heterocycles. The second-order valence-corrected chi connectivity index (χ2v) is 3.48. The minimum absolute atomic E-state index is 0.196. The molecule has 16 heavy (non-hydrogen) atoms. The van der Waals surface area contributed by atoms with Crippen molar-refractivity contribution >= 4 is 28.9 Å². The van der Waals surface area contributed by atoms with Crippen LogP contribution in [0.4, 0.5) is 21.7 Å². The Morgan fingerprint density at radius 2 is 2.00 bits per heavy atom. The highest BCUT2D eigenvalue weighted by Crippen LogP contribution is 2.24. The van der Waals surface area contributed by atoms with Crippen LogP contribution < -0.4 is 11.1 Å². The molecule has 0 amide bonds. The number of benzene rings is 1. The summed E-state index contributed by atoms with van der Waals surface area (Å²) in [5.74, 6) is 0.0556. The largest absolute Gasteiger partial charge is 0.381 e. The predicted octanol–water partition coefficient (Wildman–Crippen LogP) is 2.59. The molecule has 0 bridgehead atoms. The van der Waals surface area contributed by atoms with Crippen LogP contribution in [0.5, 0.6) is 0 Å². The Morgan fingerprint density at radius 1 is 1.25 bits per heavy atom. The van der Waals surface area contributed by atoms with Gasteiger partial charge in [-0.2, -0.15) is 0 Å². The molecule has 0 saturated heterocycles. The maximum absolute atomic E-state index is 13.4. The van der Waals surface area contributed by atoms with Crippen molar-refractivity contribution in [3.63, 3.8) is 0 Å². The van der Waals surface area contributed by atoms with E-state index in [-0.39, 0.29) is 11.5 Å². The summed E-state index contributed by atoms with van der Waals surface area (Å²) in [6.07, 6.45) is 2.91. The van der Waals surface area contributed by atoms with Gasteiger partial charge in [-0.05, 0) is 18.2 Å². The van der Waals surface area contributed by atoms with Gasteiger partial charge >= 0.3 is 0 Å². The maximum Gasteiger partial charge on any atom is 0.173 e. The Hall–Kier alpha value is -1.88. The van der Waals surface area contributed by atoms with Gasteiger partial charge in [0.25, 0.3) is 0 Å². The van der Waals surface area contributed by atoms with Gasteiger partial charge in [-0.25, -0.2) is 14.4 Å². The van der Waals surface area contributed by atoms with Crippen LogP contribution in [0.2, 0.25) is 5.02 Å². The molecule has 0 fully saturated rings. The van der Waals surface area contributed by atoms with Crippen LogP contribution in [0.1, 0.15) is 0 Å². The average molecular weight is 239 g/mol. The number of aromatic nitrogens is 2. The van der Waals surface area contributed by atoms with E-state index in [4.69, 9.17) is 17.3 Å². The third kappa shape index (κ3) is 2.20. The quantitative estimate of drug-likeness (QED) is 0.844. The fraction of sp³-hybridized carbons (Fsp3) is 0. The smallest absolute Gasteiger partial charge is 0.173 e. The van der Waals surface area contributed by atoms with Crippen molar-refractivity contribution < 1.29 is 4.39 Å². The van der Waals surface area contributed by atoms with Gasteiger partial charge in [0.05, 0.1) is 5.69 Å². The zero-order chi connectivity index (χ0) is 11.5. The van der Waals surface area contributed by atoms with E-state index < -0.39 is 5.82 Å². The Balaban J connectivity index is 2.34. The third-order valence-electron chi connectivity index (χ3n) is 1.91. The first-order chi connectivity index (χ1) is 7.66. The Kier molecular flexibility index (Phi) is 2.87. The number of hydrogen-bond acceptors (Lipinski definition) is 4. The van der Waals surface area contributed by atoms with E-state index in [1.807, 2.05) is 0 Å². The van der Waals surface area contributed by atoms with Gasteiger partial charge in [-0.15, -0.1) is 0 Å². The summed E-state index contributed by atoms with van der Waals surface area (Å²) in [5, 5.41) is 3.15. The van der Waals surface area contributed by atoms with Crippen molar-refractivity contribution in [3.8, 4) is 0 Å². The van der Waals surface area contributed by atoms with Gasteiger partial charge in [-0.3, -0.25) is 0 Å². The third-order valence-corrected chi connectivity index (χ3v) is 2.14. The van der Waals surface area contributed by atoms with Crippen LogP contribution in [-0.2, 0) is 0 Å². The summed E-state index contributed by atoms with van der Waals surface area (Å²) in [5.41, 5.74) is 5.77. The summed E-state index contributed by atoms with van der Waals surface area (Å²) in [6, 6.07) is 4.17. The Bertz CT molecular complexity index is 518. The monoisotopic (exact) mass is 238 g/mol. The lowest BCUT2D eigenvalue weighted by atomic mass is 10.3. The fourth-order valence-corrected chi connectivity index (χ4v) is 1.34. The number of nitrogens with one attached hydrogen (secondary N) is 1. The highest BCUT2D eigenvalue weighted by Gasteiger charge is 2.06. The molecule has 0 spiro atoms. The molecule has 0 aliphatic carbocycles. The van der Waals surface area contributed by atoms with Crippen molar-refractivity contribution in [2.24, 2.45) is 0 Å². The SMILES string of the molecule is Nc1nccnc1Nc1cc(Cl)ccc1F. The first-order valence-corrected chi connectivity index (χ1v) is 4.83. The zero-order valence-electron chi connectivity index (χ0n) is 8.11. The molecule has 0 aliphatic rings. The standard InChI is InChI=1S/C10H8ClFN4/c11-6-1-2-7(12)8(5-6)16-10-9(13)14-3-4-15-10/h1-5H,(H2,13,14)(H,15,16). The van der Waals surface area contributed by atoms with Crippen molar-refractivity contribution in [2.45, 2.75) is 0 Å². The molecule has 1 aromatic carbocycles. The maximum atomic E-state index is 13.4. The molecule has 82 valence electrons. The van der Waals surface area contributed by atoms with E-state index in [0.717, 1.165) is 0 Å². The number of anilines is 3. The lowest BCUT2D eigenvalue weighted by Gasteiger charge is -2.08. The normalized spacial score (nSPS) is 10.1. The van der Waals surface area contributed by atoms with Gasteiger partial charge in [0.1, 0.15) is 5.82 Å². The molecular weight excluding hydrogens is 231 g/mol. The topological polar surface area (TPSA) is 63.8 Å². The highest BCUT2D eigenvalue weighted by molar-refractivity contribution is 6.30. The Labute approximate surface area is 96.3 Å². The fourth-order valence-electron chi connectivity index (χ4n) is 1.17. The highest BCUT2D eigenvalue weighted by atomic mass is 35.5. The summed E-state index contributed by atoms with van der Waals surface area (Å²) in [4.78, 5) is 7.76. The predicted molar refractivity (Wildman–Crippen MR) is 61.1 cm³/mol. The van der Waals surface area contributed by atoms with Gasteiger partial charge in [0, 0.05) is 17.4 Å².